The maximum Gasteiger partial charge on any atom is 0.221 e. The van der Waals surface area contributed by atoms with Crippen LogP contribution in [0, 0.1) is 17.2 Å². The van der Waals surface area contributed by atoms with E-state index in [0.29, 0.717) is 29.8 Å². The predicted octanol–water partition coefficient (Wildman–Crippen LogP) is 5.69. The van der Waals surface area contributed by atoms with Gasteiger partial charge in [-0.05, 0) is 72.1 Å². The van der Waals surface area contributed by atoms with Crippen LogP contribution in [-0.4, -0.2) is 24.2 Å². The third-order valence-electron chi connectivity index (χ3n) is 7.90. The van der Waals surface area contributed by atoms with E-state index in [1.165, 1.54) is 18.4 Å². The van der Waals surface area contributed by atoms with Gasteiger partial charge in [-0.25, -0.2) is 14.9 Å². The van der Waals surface area contributed by atoms with E-state index in [1.54, 1.807) is 12.1 Å². The fourth-order valence-corrected chi connectivity index (χ4v) is 6.07. The van der Waals surface area contributed by atoms with Crippen molar-refractivity contribution in [1.82, 2.24) is 5.06 Å². The van der Waals surface area contributed by atoms with Crippen LogP contribution in [0.5, 0.6) is 5.75 Å². The third kappa shape index (κ3) is 4.00. The maximum atomic E-state index is 9.34. The number of aliphatic imine (C=N–C) groups is 1. The molecule has 4 atom stereocenters. The molecule has 1 fully saturated rings. The van der Waals surface area contributed by atoms with Crippen LogP contribution in [0.15, 0.2) is 77.8 Å². The molecule has 36 heavy (non-hydrogen) atoms. The summed E-state index contributed by atoms with van der Waals surface area (Å²) in [5.41, 5.74) is 10.2. The number of nitrogens with two attached hydrogens (primary N) is 1. The van der Waals surface area contributed by atoms with Crippen molar-refractivity contribution in [3.63, 3.8) is 0 Å². The highest BCUT2D eigenvalue weighted by molar-refractivity contribution is 5.79. The second-order valence-corrected chi connectivity index (χ2v) is 10.1. The molecular formula is C30H30N4O2. The second-order valence-electron chi connectivity index (χ2n) is 10.1. The topological polar surface area (TPSA) is 83.9 Å². The summed E-state index contributed by atoms with van der Waals surface area (Å²) >= 11 is 0. The molecule has 0 amide bonds. The lowest BCUT2D eigenvalue weighted by Gasteiger charge is -2.42. The van der Waals surface area contributed by atoms with Crippen molar-refractivity contribution in [3.8, 4) is 22.9 Å². The van der Waals surface area contributed by atoms with E-state index in [4.69, 9.17) is 20.3 Å². The molecule has 1 spiro atoms. The lowest BCUT2D eigenvalue weighted by molar-refractivity contribution is -0.195. The Morgan fingerprint density at radius 1 is 1.03 bits per heavy atom. The zero-order valence-corrected chi connectivity index (χ0v) is 20.4. The number of hydrogen-bond donors (Lipinski definition) is 1. The highest BCUT2D eigenvalue weighted by atomic mass is 16.7. The van der Waals surface area contributed by atoms with Crippen molar-refractivity contribution >= 4 is 5.96 Å². The molecule has 182 valence electrons. The van der Waals surface area contributed by atoms with Crippen LogP contribution in [-0.2, 0) is 10.6 Å². The predicted molar refractivity (Wildman–Crippen MR) is 139 cm³/mol. The van der Waals surface area contributed by atoms with Gasteiger partial charge >= 0.3 is 0 Å². The normalized spacial score (nSPS) is 27.2. The van der Waals surface area contributed by atoms with E-state index in [-0.39, 0.29) is 6.10 Å². The minimum absolute atomic E-state index is 0.0140. The fourth-order valence-electron chi connectivity index (χ4n) is 6.07. The van der Waals surface area contributed by atoms with Crippen LogP contribution < -0.4 is 10.5 Å². The molecule has 0 saturated heterocycles. The summed E-state index contributed by atoms with van der Waals surface area (Å²) < 4.78 is 6.69. The molecule has 0 aromatic heterocycles. The Bertz CT molecular complexity index is 1350. The molecule has 4 unspecified atom stereocenters. The summed E-state index contributed by atoms with van der Waals surface area (Å²) in [6.45, 7) is 0. The number of nitriles is 1. The molecule has 6 heteroatoms. The Morgan fingerprint density at radius 2 is 1.86 bits per heavy atom. The molecule has 3 aliphatic rings. The fraction of sp³-hybridized carbons (Fsp3) is 0.333. The minimum atomic E-state index is -0.917. The molecule has 0 bridgehead atoms. The van der Waals surface area contributed by atoms with Crippen molar-refractivity contribution in [2.24, 2.45) is 16.6 Å². The average Bonchev–Trinajstić information content (AvgIpc) is 3.21. The molecule has 2 heterocycles. The largest absolute Gasteiger partial charge is 0.489 e. The highest BCUT2D eigenvalue weighted by Gasteiger charge is 2.50. The number of fused-ring (bicyclic) bond motifs is 2. The zero-order valence-electron chi connectivity index (χ0n) is 20.4. The van der Waals surface area contributed by atoms with Crippen LogP contribution in [0.25, 0.3) is 11.1 Å². The number of rotatable bonds is 3. The van der Waals surface area contributed by atoms with Crippen LogP contribution >= 0.6 is 0 Å². The molecular weight excluding hydrogens is 448 g/mol. The summed E-state index contributed by atoms with van der Waals surface area (Å²) in [6.07, 6.45) is 5.22. The van der Waals surface area contributed by atoms with Gasteiger partial charge < -0.3 is 10.5 Å². The first-order valence-electron chi connectivity index (χ1n) is 12.7. The number of benzene rings is 3. The first kappa shape index (κ1) is 22.6. The van der Waals surface area contributed by atoms with Gasteiger partial charge in [-0.1, -0.05) is 55.0 Å². The zero-order chi connectivity index (χ0) is 24.7. The number of guanidine groups is 1. The first-order valence-corrected chi connectivity index (χ1v) is 12.7. The molecule has 1 saturated carbocycles. The Morgan fingerprint density at radius 3 is 2.64 bits per heavy atom. The van der Waals surface area contributed by atoms with E-state index in [9.17, 15) is 5.26 Å². The van der Waals surface area contributed by atoms with Gasteiger partial charge in [-0.3, -0.25) is 0 Å². The lowest BCUT2D eigenvalue weighted by Crippen LogP contribution is -2.43. The van der Waals surface area contributed by atoms with Crippen LogP contribution in [0.2, 0.25) is 0 Å². The first-order chi connectivity index (χ1) is 17.5. The standard InChI is InChI=1S/C30H30N4O2/c1-34-29(32)33-30(36-34)18-28(25-12-6-11-23(16-25)21-8-3-2-4-9-21)35-27-14-13-24(17-26(27)30)22-10-5-7-20(15-22)19-31/h2-5,7-10,13-15,17,23,25,28H,6,11-12,16,18H2,1H3,(H2,32,33). The van der Waals surface area contributed by atoms with E-state index >= 15 is 0 Å². The SMILES string of the molecule is CN1OC2(CC(C3CCCC(c4ccccc4)C3)Oc3ccc(-c4cccc(C#N)c4)cc32)N=C1N. The smallest absolute Gasteiger partial charge is 0.221 e. The molecule has 3 aromatic rings. The average molecular weight is 479 g/mol. The minimum Gasteiger partial charge on any atom is -0.489 e. The molecule has 3 aromatic carbocycles. The summed E-state index contributed by atoms with van der Waals surface area (Å²) in [7, 11) is 1.80. The van der Waals surface area contributed by atoms with Crippen LogP contribution in [0.1, 0.15) is 54.7 Å². The molecule has 0 radical (unpaired) electrons. The van der Waals surface area contributed by atoms with Crippen LogP contribution in [0.3, 0.4) is 0 Å². The summed E-state index contributed by atoms with van der Waals surface area (Å²) in [5, 5.41) is 10.9. The highest BCUT2D eigenvalue weighted by Crippen LogP contribution is 2.50. The number of nitrogens with zero attached hydrogens (tertiary/aromatic N) is 3. The van der Waals surface area contributed by atoms with Gasteiger partial charge in [0.15, 0.2) is 0 Å². The number of ether oxygens (including phenoxy) is 1. The van der Waals surface area contributed by atoms with Crippen molar-refractivity contribution < 1.29 is 9.57 Å². The molecule has 1 aliphatic carbocycles. The van der Waals surface area contributed by atoms with Crippen molar-refractivity contribution in [3.05, 3.63) is 89.5 Å². The monoisotopic (exact) mass is 478 g/mol. The quantitative estimate of drug-likeness (QED) is 0.522. The molecule has 6 nitrogen and oxygen atoms in total. The Kier molecular flexibility index (Phi) is 5.66. The molecule has 6 rings (SSSR count). The molecule has 2 aliphatic heterocycles. The van der Waals surface area contributed by atoms with Gasteiger partial charge in [0.25, 0.3) is 0 Å². The van der Waals surface area contributed by atoms with Crippen molar-refractivity contribution in [2.75, 3.05) is 7.05 Å². The molecule has 2 N–H and O–H groups in total. The van der Waals surface area contributed by atoms with Gasteiger partial charge in [-0.2, -0.15) is 5.26 Å². The number of hydrogen-bond acceptors (Lipinski definition) is 6. The lowest BCUT2D eigenvalue weighted by atomic mass is 9.73. The van der Waals surface area contributed by atoms with E-state index in [1.807, 2.05) is 36.4 Å². The van der Waals surface area contributed by atoms with Gasteiger partial charge in [0, 0.05) is 13.5 Å². The number of hydroxylamine groups is 2. The van der Waals surface area contributed by atoms with Crippen molar-refractivity contribution in [2.45, 2.75) is 49.9 Å². The van der Waals surface area contributed by atoms with Gasteiger partial charge in [-0.15, -0.1) is 0 Å². The maximum absolute atomic E-state index is 9.34. The van der Waals surface area contributed by atoms with Gasteiger partial charge in [0.2, 0.25) is 11.7 Å². The second kappa shape index (κ2) is 9.00. The van der Waals surface area contributed by atoms with Gasteiger partial charge in [0.05, 0.1) is 17.2 Å². The summed E-state index contributed by atoms with van der Waals surface area (Å²) in [6, 6.07) is 26.8. The Balaban J connectivity index is 1.35. The van der Waals surface area contributed by atoms with E-state index in [0.717, 1.165) is 35.3 Å². The Hall–Kier alpha value is -3.82. The summed E-state index contributed by atoms with van der Waals surface area (Å²) in [4.78, 5) is 11.2. The van der Waals surface area contributed by atoms with Crippen molar-refractivity contribution in [1.29, 1.82) is 5.26 Å². The van der Waals surface area contributed by atoms with E-state index in [2.05, 4.69) is 42.5 Å². The van der Waals surface area contributed by atoms with Crippen LogP contribution in [0.4, 0.5) is 0 Å². The Labute approximate surface area is 211 Å². The van der Waals surface area contributed by atoms with Gasteiger partial charge in [0.1, 0.15) is 11.9 Å². The van der Waals surface area contributed by atoms with E-state index < -0.39 is 5.72 Å². The summed E-state index contributed by atoms with van der Waals surface area (Å²) in [5.74, 6) is 2.11. The third-order valence-corrected chi connectivity index (χ3v) is 7.90.